The number of rotatable bonds is 6. The molecule has 1 aromatic rings. The lowest BCUT2D eigenvalue weighted by atomic mass is 10.2. The van der Waals surface area contributed by atoms with Crippen LogP contribution in [0.1, 0.15) is 10.4 Å². The van der Waals surface area contributed by atoms with Crippen LogP contribution < -0.4 is 5.32 Å². The average molecular weight is 327 g/mol. The van der Waals surface area contributed by atoms with E-state index in [9.17, 15) is 28.1 Å². The molecule has 0 saturated carbocycles. The predicted molar refractivity (Wildman–Crippen MR) is 67.3 cm³/mol. The molecule has 1 rings (SSSR count). The molecule has 1 amide bonds. The molecule has 10 heteroatoms. The second kappa shape index (κ2) is 7.23. The molecule has 0 heterocycles. The van der Waals surface area contributed by atoms with E-state index in [1.54, 1.807) is 0 Å². The summed E-state index contributed by atoms with van der Waals surface area (Å²) < 4.78 is 39.6. The van der Waals surface area contributed by atoms with Gasteiger partial charge in [0.25, 0.3) is 11.6 Å². The third kappa shape index (κ3) is 5.96. The molecule has 116 valence electrons. The number of carbonyl (C=O) groups is 1. The zero-order valence-electron chi connectivity index (χ0n) is 10.4. The van der Waals surface area contributed by atoms with Crippen LogP contribution in [0.15, 0.2) is 18.2 Å². The van der Waals surface area contributed by atoms with Gasteiger partial charge in [-0.3, -0.25) is 14.9 Å². The van der Waals surface area contributed by atoms with Gasteiger partial charge in [-0.05, 0) is 12.1 Å². The van der Waals surface area contributed by atoms with Crippen molar-refractivity contribution in [2.75, 3.05) is 19.8 Å². The molecule has 0 aliphatic carbocycles. The van der Waals surface area contributed by atoms with Crippen molar-refractivity contribution in [3.63, 3.8) is 0 Å². The fraction of sp³-hybridized carbons (Fsp3) is 0.364. The maximum atomic E-state index is 11.8. The third-order valence-corrected chi connectivity index (χ3v) is 2.52. The number of nitro benzene ring substituents is 1. The summed E-state index contributed by atoms with van der Waals surface area (Å²) in [5, 5.41) is 12.8. The van der Waals surface area contributed by atoms with Crippen molar-refractivity contribution in [1.29, 1.82) is 0 Å². The fourth-order valence-corrected chi connectivity index (χ4v) is 1.51. The largest absolute Gasteiger partial charge is 0.411 e. The normalized spacial score (nSPS) is 11.2. The second-order valence-corrected chi connectivity index (χ2v) is 4.25. The van der Waals surface area contributed by atoms with Crippen LogP contribution in [0.2, 0.25) is 5.02 Å². The summed E-state index contributed by atoms with van der Waals surface area (Å²) in [6, 6.07) is 3.43. The van der Waals surface area contributed by atoms with Crippen LogP contribution in [-0.2, 0) is 4.74 Å². The molecule has 1 N–H and O–H groups in total. The maximum Gasteiger partial charge on any atom is 0.411 e. The third-order valence-electron chi connectivity index (χ3n) is 2.20. The van der Waals surface area contributed by atoms with E-state index in [2.05, 4.69) is 10.1 Å². The summed E-state index contributed by atoms with van der Waals surface area (Å²) in [5.74, 6) is -0.676. The van der Waals surface area contributed by atoms with Crippen molar-refractivity contribution in [2.45, 2.75) is 6.18 Å². The molecule has 0 aromatic heterocycles. The van der Waals surface area contributed by atoms with Crippen molar-refractivity contribution in [3.8, 4) is 0 Å². The Bertz CT molecular complexity index is 537. The van der Waals surface area contributed by atoms with E-state index in [1.807, 2.05) is 0 Å². The van der Waals surface area contributed by atoms with Gasteiger partial charge in [0.15, 0.2) is 0 Å². The number of nitrogens with one attached hydrogen (secondary N) is 1. The zero-order chi connectivity index (χ0) is 16.0. The summed E-state index contributed by atoms with van der Waals surface area (Å²) in [6.07, 6.45) is -4.43. The Labute approximate surface area is 122 Å². The smallest absolute Gasteiger partial charge is 0.370 e. The lowest BCUT2D eigenvalue weighted by Crippen LogP contribution is -2.28. The van der Waals surface area contributed by atoms with Crippen LogP contribution in [0.3, 0.4) is 0 Å². The second-order valence-electron chi connectivity index (χ2n) is 3.85. The highest BCUT2D eigenvalue weighted by molar-refractivity contribution is 6.32. The molecule has 0 aliphatic heterocycles. The zero-order valence-corrected chi connectivity index (χ0v) is 11.2. The number of hydrogen-bond acceptors (Lipinski definition) is 4. The van der Waals surface area contributed by atoms with Crippen molar-refractivity contribution in [2.24, 2.45) is 0 Å². The molecule has 0 fully saturated rings. The monoisotopic (exact) mass is 326 g/mol. The van der Waals surface area contributed by atoms with Crippen LogP contribution in [-0.4, -0.2) is 36.8 Å². The van der Waals surface area contributed by atoms with Gasteiger partial charge in [0.1, 0.15) is 11.6 Å². The van der Waals surface area contributed by atoms with Crippen LogP contribution in [0, 0.1) is 10.1 Å². The van der Waals surface area contributed by atoms with E-state index in [0.717, 1.165) is 6.07 Å². The molecular formula is C11H10ClF3N2O4. The first-order valence-electron chi connectivity index (χ1n) is 5.57. The Hall–Kier alpha value is -1.87. The SMILES string of the molecule is O=C(NCCOCC(F)(F)F)c1ccc(Cl)c([N+](=O)[O-])c1. The minimum absolute atomic E-state index is 0.0260. The van der Waals surface area contributed by atoms with Crippen LogP contribution in [0.25, 0.3) is 0 Å². The number of ether oxygens (including phenoxy) is 1. The van der Waals surface area contributed by atoms with Crippen molar-refractivity contribution in [1.82, 2.24) is 5.32 Å². The van der Waals surface area contributed by atoms with E-state index in [1.165, 1.54) is 12.1 Å². The van der Waals surface area contributed by atoms with Crippen LogP contribution in [0.4, 0.5) is 18.9 Å². The van der Waals surface area contributed by atoms with E-state index < -0.39 is 29.3 Å². The Balaban J connectivity index is 2.49. The molecule has 21 heavy (non-hydrogen) atoms. The molecule has 0 radical (unpaired) electrons. The van der Waals surface area contributed by atoms with Gasteiger partial charge in [0.05, 0.1) is 11.5 Å². The van der Waals surface area contributed by atoms with Gasteiger partial charge < -0.3 is 10.1 Å². The Kier molecular flexibility index (Phi) is 5.91. The number of hydrogen-bond donors (Lipinski definition) is 1. The van der Waals surface area contributed by atoms with Gasteiger partial charge in [-0.1, -0.05) is 11.6 Å². The molecule has 0 atom stereocenters. The molecule has 0 aliphatic rings. The van der Waals surface area contributed by atoms with E-state index >= 15 is 0 Å². The maximum absolute atomic E-state index is 11.8. The van der Waals surface area contributed by atoms with Gasteiger partial charge in [0, 0.05) is 18.2 Å². The number of halogens is 4. The highest BCUT2D eigenvalue weighted by atomic mass is 35.5. The number of nitro groups is 1. The van der Waals surface area contributed by atoms with E-state index in [-0.39, 0.29) is 23.7 Å². The molecular weight excluding hydrogens is 317 g/mol. The van der Waals surface area contributed by atoms with Gasteiger partial charge in [-0.25, -0.2) is 0 Å². The molecule has 1 aromatic carbocycles. The lowest BCUT2D eigenvalue weighted by molar-refractivity contribution is -0.384. The molecule has 0 saturated heterocycles. The first-order valence-corrected chi connectivity index (χ1v) is 5.95. The summed E-state index contributed by atoms with van der Waals surface area (Å²) in [6.45, 7) is -1.90. The lowest BCUT2D eigenvalue weighted by Gasteiger charge is -2.08. The number of amides is 1. The van der Waals surface area contributed by atoms with Gasteiger partial charge in [0.2, 0.25) is 0 Å². The highest BCUT2D eigenvalue weighted by Crippen LogP contribution is 2.24. The molecule has 0 spiro atoms. The van der Waals surface area contributed by atoms with Crippen molar-refractivity contribution in [3.05, 3.63) is 38.9 Å². The van der Waals surface area contributed by atoms with Crippen LogP contribution >= 0.6 is 11.6 Å². The molecule has 0 bridgehead atoms. The van der Waals surface area contributed by atoms with E-state index in [0.29, 0.717) is 0 Å². The van der Waals surface area contributed by atoms with Gasteiger partial charge in [-0.15, -0.1) is 0 Å². The number of carbonyl (C=O) groups excluding carboxylic acids is 1. The topological polar surface area (TPSA) is 81.5 Å². The number of alkyl halides is 3. The van der Waals surface area contributed by atoms with Crippen molar-refractivity contribution >= 4 is 23.2 Å². The number of benzene rings is 1. The first-order chi connectivity index (χ1) is 9.70. The minimum Gasteiger partial charge on any atom is -0.370 e. The van der Waals surface area contributed by atoms with Gasteiger partial charge in [-0.2, -0.15) is 13.2 Å². The fourth-order valence-electron chi connectivity index (χ4n) is 1.32. The minimum atomic E-state index is -4.43. The predicted octanol–water partition coefficient (Wildman–Crippen LogP) is 2.56. The molecule has 6 nitrogen and oxygen atoms in total. The van der Waals surface area contributed by atoms with Crippen LogP contribution in [0.5, 0.6) is 0 Å². The number of nitrogens with zero attached hydrogens (tertiary/aromatic N) is 1. The Morgan fingerprint density at radius 1 is 1.43 bits per heavy atom. The average Bonchev–Trinajstić information content (AvgIpc) is 2.36. The standard InChI is InChI=1S/C11H10ClF3N2O4/c12-8-2-1-7(5-9(8)17(19)20)10(18)16-3-4-21-6-11(13,14)15/h1-2,5H,3-4,6H2,(H,16,18). The summed E-state index contributed by atoms with van der Waals surface area (Å²) in [7, 11) is 0. The van der Waals surface area contributed by atoms with Crippen molar-refractivity contribution < 1.29 is 27.6 Å². The highest BCUT2D eigenvalue weighted by Gasteiger charge is 2.27. The van der Waals surface area contributed by atoms with Gasteiger partial charge >= 0.3 is 6.18 Å². The summed E-state index contributed by atoms with van der Waals surface area (Å²) in [5.41, 5.74) is -0.459. The molecule has 0 unspecified atom stereocenters. The first kappa shape index (κ1) is 17.2. The summed E-state index contributed by atoms with van der Waals surface area (Å²) >= 11 is 5.58. The summed E-state index contributed by atoms with van der Waals surface area (Å²) in [4.78, 5) is 21.5. The Morgan fingerprint density at radius 2 is 2.10 bits per heavy atom. The van der Waals surface area contributed by atoms with E-state index in [4.69, 9.17) is 11.6 Å². The quantitative estimate of drug-likeness (QED) is 0.495. The Morgan fingerprint density at radius 3 is 2.67 bits per heavy atom.